The van der Waals surface area contributed by atoms with Gasteiger partial charge in [0.2, 0.25) is 5.91 Å². The predicted molar refractivity (Wildman–Crippen MR) is 101 cm³/mol. The van der Waals surface area contributed by atoms with Crippen molar-refractivity contribution in [1.29, 1.82) is 0 Å². The molecule has 1 aromatic heterocycles. The van der Waals surface area contributed by atoms with Crippen molar-refractivity contribution >= 4 is 40.5 Å². The summed E-state index contributed by atoms with van der Waals surface area (Å²) in [7, 11) is 0. The van der Waals surface area contributed by atoms with Crippen molar-refractivity contribution in [2.24, 2.45) is 0 Å². The number of hydrogen-bond donors (Lipinski definition) is 2. The first-order chi connectivity index (χ1) is 12.5. The van der Waals surface area contributed by atoms with E-state index < -0.39 is 12.1 Å². The average Bonchev–Trinajstić information content (AvgIpc) is 2.62. The zero-order valence-electron chi connectivity index (χ0n) is 14.5. The maximum atomic E-state index is 12.8. The second kappa shape index (κ2) is 7.77. The zero-order valence-corrected chi connectivity index (χ0v) is 15.3. The molecule has 9 heteroatoms. The first-order valence-corrected chi connectivity index (χ1v) is 9.67. The Morgan fingerprint density at radius 3 is 2.92 bits per heavy atom. The molecule has 1 aromatic carbocycles. The summed E-state index contributed by atoms with van der Waals surface area (Å²) in [6.45, 7) is 1.12. The summed E-state index contributed by atoms with van der Waals surface area (Å²) in [4.78, 5) is 35.4. The van der Waals surface area contributed by atoms with Gasteiger partial charge in [-0.25, -0.2) is 14.8 Å². The number of nitrogens with zero attached hydrogens (tertiary/aromatic N) is 4. The number of nitrogens with two attached hydrogens (primary N) is 1. The van der Waals surface area contributed by atoms with Gasteiger partial charge in [-0.15, -0.1) is 0 Å². The number of carbonyl (C=O) groups is 2. The first kappa shape index (κ1) is 18.2. The van der Waals surface area contributed by atoms with Crippen LogP contribution in [0.2, 0.25) is 0 Å². The lowest BCUT2D eigenvalue weighted by atomic mass is 10.1. The van der Waals surface area contributed by atoms with E-state index in [1.54, 1.807) is 16.7 Å². The topological polar surface area (TPSA) is 113 Å². The smallest absolute Gasteiger partial charge is 0.408 e. The summed E-state index contributed by atoms with van der Waals surface area (Å²) in [6.07, 6.45) is 2.83. The Balaban J connectivity index is 1.79. The monoisotopic (exact) mass is 375 g/mol. The summed E-state index contributed by atoms with van der Waals surface area (Å²) in [5, 5.41) is 10.1. The van der Waals surface area contributed by atoms with Crippen molar-refractivity contribution in [3.8, 4) is 0 Å². The number of carbonyl (C=O) groups excluding carboxylic acids is 1. The van der Waals surface area contributed by atoms with Crippen LogP contribution in [0.15, 0.2) is 24.5 Å². The van der Waals surface area contributed by atoms with Gasteiger partial charge in [0.15, 0.2) is 0 Å². The van der Waals surface area contributed by atoms with Gasteiger partial charge in [0.05, 0.1) is 5.52 Å². The number of aromatic nitrogens is 2. The normalized spacial score (nSPS) is 17.7. The van der Waals surface area contributed by atoms with E-state index in [0.29, 0.717) is 31.9 Å². The third-order valence-corrected chi connectivity index (χ3v) is 5.17. The van der Waals surface area contributed by atoms with Crippen molar-refractivity contribution in [1.82, 2.24) is 19.8 Å². The minimum absolute atomic E-state index is 0.144. The van der Waals surface area contributed by atoms with Crippen LogP contribution < -0.4 is 5.73 Å². The van der Waals surface area contributed by atoms with Crippen LogP contribution in [0.25, 0.3) is 10.9 Å². The fraction of sp³-hybridized carbons (Fsp3) is 0.412. The van der Waals surface area contributed by atoms with Gasteiger partial charge in [-0.3, -0.25) is 9.69 Å². The molecule has 1 saturated heterocycles. The van der Waals surface area contributed by atoms with Gasteiger partial charge in [-0.1, -0.05) is 6.07 Å². The molecule has 138 valence electrons. The maximum absolute atomic E-state index is 12.8. The van der Waals surface area contributed by atoms with E-state index in [2.05, 4.69) is 9.97 Å². The molecule has 0 spiro atoms. The largest absolute Gasteiger partial charge is 0.465 e. The Bertz CT molecular complexity index is 831. The van der Waals surface area contributed by atoms with Crippen molar-refractivity contribution in [2.45, 2.75) is 19.0 Å². The van der Waals surface area contributed by atoms with E-state index in [-0.39, 0.29) is 5.91 Å². The number of thioether (sulfide) groups is 1. The van der Waals surface area contributed by atoms with E-state index in [0.717, 1.165) is 22.2 Å². The second-order valence-corrected chi connectivity index (χ2v) is 7.13. The number of anilines is 1. The average molecular weight is 375 g/mol. The van der Waals surface area contributed by atoms with Crippen LogP contribution in [0.5, 0.6) is 0 Å². The molecule has 8 nitrogen and oxygen atoms in total. The highest BCUT2D eigenvalue weighted by Crippen LogP contribution is 2.22. The molecule has 1 unspecified atom stereocenters. The number of amides is 2. The first-order valence-electron chi connectivity index (χ1n) is 8.27. The van der Waals surface area contributed by atoms with Gasteiger partial charge in [0, 0.05) is 25.0 Å². The lowest BCUT2D eigenvalue weighted by molar-refractivity contribution is -0.141. The summed E-state index contributed by atoms with van der Waals surface area (Å²) in [5.74, 6) is 1.01. The van der Waals surface area contributed by atoms with E-state index in [4.69, 9.17) is 5.73 Å². The number of carboxylic acid groups (broad SMARTS) is 1. The van der Waals surface area contributed by atoms with E-state index >= 15 is 0 Å². The Kier molecular flexibility index (Phi) is 5.46. The van der Waals surface area contributed by atoms with Crippen LogP contribution in [0.4, 0.5) is 10.6 Å². The van der Waals surface area contributed by atoms with Crippen LogP contribution >= 0.6 is 11.8 Å². The van der Waals surface area contributed by atoms with Gasteiger partial charge in [0.25, 0.3) is 0 Å². The van der Waals surface area contributed by atoms with Crippen LogP contribution in [0.1, 0.15) is 12.0 Å². The number of benzene rings is 1. The van der Waals surface area contributed by atoms with Gasteiger partial charge < -0.3 is 15.7 Å². The fourth-order valence-corrected chi connectivity index (χ4v) is 3.63. The van der Waals surface area contributed by atoms with E-state index in [1.807, 2.05) is 24.5 Å². The van der Waals surface area contributed by atoms with Crippen molar-refractivity contribution in [3.05, 3.63) is 30.1 Å². The van der Waals surface area contributed by atoms with Crippen LogP contribution in [0, 0.1) is 0 Å². The number of hydrogen-bond acceptors (Lipinski definition) is 6. The van der Waals surface area contributed by atoms with Crippen molar-refractivity contribution < 1.29 is 14.7 Å². The minimum Gasteiger partial charge on any atom is -0.465 e. The molecule has 0 saturated carbocycles. The molecule has 1 aliphatic rings. The summed E-state index contributed by atoms with van der Waals surface area (Å²) >= 11 is 1.60. The molecule has 1 atom stereocenters. The predicted octanol–water partition coefficient (Wildman–Crippen LogP) is 1.66. The molecule has 1 aliphatic heterocycles. The Labute approximate surface area is 155 Å². The molecule has 3 rings (SSSR count). The lowest BCUT2D eigenvalue weighted by Gasteiger charge is -2.39. The van der Waals surface area contributed by atoms with Crippen LogP contribution in [0.3, 0.4) is 0 Å². The SMILES string of the molecule is CSCCC1C(=O)N(Cc2ccc3c(N)ncnc3c2)CCN1C(=O)O. The molecule has 0 aliphatic carbocycles. The quantitative estimate of drug-likeness (QED) is 0.817. The van der Waals surface area contributed by atoms with E-state index in [1.165, 1.54) is 11.2 Å². The highest BCUT2D eigenvalue weighted by atomic mass is 32.2. The van der Waals surface area contributed by atoms with Gasteiger partial charge in [-0.2, -0.15) is 11.8 Å². The zero-order chi connectivity index (χ0) is 18.7. The molecule has 0 bridgehead atoms. The van der Waals surface area contributed by atoms with Crippen molar-refractivity contribution in [3.63, 3.8) is 0 Å². The highest BCUT2D eigenvalue weighted by molar-refractivity contribution is 7.98. The van der Waals surface area contributed by atoms with Crippen LogP contribution in [-0.4, -0.2) is 68.0 Å². The molecule has 1 fully saturated rings. The summed E-state index contributed by atoms with van der Waals surface area (Å²) in [6, 6.07) is 5.02. The summed E-state index contributed by atoms with van der Waals surface area (Å²) in [5.41, 5.74) is 7.50. The number of nitrogen functional groups attached to an aromatic ring is 1. The molecule has 2 amide bonds. The Morgan fingerprint density at radius 1 is 1.38 bits per heavy atom. The molecule has 2 aromatic rings. The third kappa shape index (κ3) is 3.67. The second-order valence-electron chi connectivity index (χ2n) is 6.14. The Hall–Kier alpha value is -2.55. The van der Waals surface area contributed by atoms with Crippen molar-refractivity contribution in [2.75, 3.05) is 30.8 Å². The molecule has 0 radical (unpaired) electrons. The maximum Gasteiger partial charge on any atom is 0.408 e. The molecule has 26 heavy (non-hydrogen) atoms. The van der Waals surface area contributed by atoms with Gasteiger partial charge in [-0.05, 0) is 36.1 Å². The standard InChI is InChI=1S/C17H21N5O3S/c1-26-7-4-14-16(23)21(5-6-22(14)17(24)25)9-11-2-3-12-13(8-11)19-10-20-15(12)18/h2-3,8,10,14H,4-7,9H2,1H3,(H,24,25)(H2,18,19,20). The number of piperazine rings is 1. The number of fused-ring (bicyclic) bond motifs is 1. The fourth-order valence-electron chi connectivity index (χ4n) is 3.18. The summed E-state index contributed by atoms with van der Waals surface area (Å²) < 4.78 is 0. The Morgan fingerprint density at radius 2 is 2.19 bits per heavy atom. The van der Waals surface area contributed by atoms with Crippen LogP contribution in [-0.2, 0) is 11.3 Å². The minimum atomic E-state index is -1.04. The molecule has 2 heterocycles. The highest BCUT2D eigenvalue weighted by Gasteiger charge is 2.36. The molecule has 3 N–H and O–H groups in total. The molecular weight excluding hydrogens is 354 g/mol. The number of rotatable bonds is 5. The molecular formula is C17H21N5O3S. The van der Waals surface area contributed by atoms with Gasteiger partial charge in [0.1, 0.15) is 18.2 Å². The van der Waals surface area contributed by atoms with E-state index in [9.17, 15) is 14.7 Å². The van der Waals surface area contributed by atoms with Gasteiger partial charge >= 0.3 is 6.09 Å². The lowest BCUT2D eigenvalue weighted by Crippen LogP contribution is -2.58. The third-order valence-electron chi connectivity index (χ3n) is 4.53.